The molecule has 3 rings (SSSR count). The molecular weight excluding hydrogens is 400 g/mol. The van der Waals surface area contributed by atoms with Crippen molar-refractivity contribution in [2.24, 2.45) is 0 Å². The molecule has 156 valence electrons. The number of nitrogens with zero attached hydrogens (tertiary/aromatic N) is 2. The Hall–Kier alpha value is -3.32. The van der Waals surface area contributed by atoms with Crippen LogP contribution in [0.4, 0.5) is 11.4 Å². The van der Waals surface area contributed by atoms with Gasteiger partial charge in [0.05, 0.1) is 23.4 Å². The zero-order chi connectivity index (χ0) is 21.9. The van der Waals surface area contributed by atoms with Gasteiger partial charge in [-0.05, 0) is 49.4 Å². The normalized spacial score (nSPS) is 11.1. The van der Waals surface area contributed by atoms with Crippen LogP contribution in [0.25, 0.3) is 0 Å². The Balaban J connectivity index is 1.93. The minimum atomic E-state index is -3.83. The van der Waals surface area contributed by atoms with Crippen LogP contribution < -0.4 is 13.9 Å². The van der Waals surface area contributed by atoms with E-state index < -0.39 is 10.0 Å². The number of methoxy groups -OCH3 is 1. The van der Waals surface area contributed by atoms with Crippen LogP contribution in [0.3, 0.4) is 0 Å². The molecule has 0 atom stereocenters. The number of hydrogen-bond donors (Lipinski definition) is 0. The van der Waals surface area contributed by atoms with E-state index in [0.717, 1.165) is 5.56 Å². The van der Waals surface area contributed by atoms with Gasteiger partial charge in [0.25, 0.3) is 15.9 Å². The molecule has 0 N–H and O–H groups in total. The molecule has 1 amide bonds. The van der Waals surface area contributed by atoms with Gasteiger partial charge in [0.2, 0.25) is 0 Å². The van der Waals surface area contributed by atoms with Crippen molar-refractivity contribution < 1.29 is 17.9 Å². The average molecular weight is 425 g/mol. The number of para-hydroxylation sites is 2. The molecule has 0 spiro atoms. The molecule has 6 nitrogen and oxygen atoms in total. The topological polar surface area (TPSA) is 66.9 Å². The van der Waals surface area contributed by atoms with E-state index in [9.17, 15) is 13.2 Å². The van der Waals surface area contributed by atoms with Crippen molar-refractivity contribution in [2.45, 2.75) is 11.8 Å². The highest BCUT2D eigenvalue weighted by Gasteiger charge is 2.24. The van der Waals surface area contributed by atoms with E-state index >= 15 is 0 Å². The van der Waals surface area contributed by atoms with E-state index in [2.05, 4.69) is 0 Å². The number of carbonyl (C=O) groups is 1. The number of aryl methyl sites for hydroxylation is 1. The molecule has 0 unspecified atom stereocenters. The maximum Gasteiger partial charge on any atom is 0.264 e. The molecule has 0 radical (unpaired) electrons. The summed E-state index contributed by atoms with van der Waals surface area (Å²) in [4.78, 5) is 14.5. The summed E-state index contributed by atoms with van der Waals surface area (Å²) in [5.41, 5.74) is 2.44. The second kappa shape index (κ2) is 8.59. The highest BCUT2D eigenvalue weighted by Crippen LogP contribution is 2.28. The molecular formula is C23H24N2O4S. The molecule has 0 bridgehead atoms. The van der Waals surface area contributed by atoms with Crippen molar-refractivity contribution in [3.8, 4) is 5.75 Å². The van der Waals surface area contributed by atoms with Crippen LogP contribution in [-0.2, 0) is 10.0 Å². The van der Waals surface area contributed by atoms with Crippen molar-refractivity contribution in [3.05, 3.63) is 83.9 Å². The van der Waals surface area contributed by atoms with Gasteiger partial charge in [-0.2, -0.15) is 0 Å². The molecule has 7 heteroatoms. The number of ether oxygens (including phenoxy) is 1. The third-order valence-corrected chi connectivity index (χ3v) is 6.67. The van der Waals surface area contributed by atoms with E-state index in [-0.39, 0.29) is 16.4 Å². The summed E-state index contributed by atoms with van der Waals surface area (Å²) in [6.07, 6.45) is 0. The third kappa shape index (κ3) is 4.16. The van der Waals surface area contributed by atoms with Gasteiger partial charge in [-0.1, -0.05) is 35.9 Å². The summed E-state index contributed by atoms with van der Waals surface area (Å²) in [6.45, 7) is 1.94. The molecule has 0 heterocycles. The first-order chi connectivity index (χ1) is 14.3. The van der Waals surface area contributed by atoms with E-state index in [1.54, 1.807) is 49.5 Å². The van der Waals surface area contributed by atoms with E-state index in [1.165, 1.54) is 35.5 Å². The lowest BCUT2D eigenvalue weighted by molar-refractivity contribution is 0.0992. The fraction of sp³-hybridized carbons (Fsp3) is 0.174. The van der Waals surface area contributed by atoms with Crippen molar-refractivity contribution in [1.29, 1.82) is 0 Å². The quantitative estimate of drug-likeness (QED) is 0.597. The second-order valence-corrected chi connectivity index (χ2v) is 8.84. The lowest BCUT2D eigenvalue weighted by Crippen LogP contribution is -2.28. The van der Waals surface area contributed by atoms with Crippen LogP contribution in [0.15, 0.2) is 77.7 Å². The standard InChI is InChI=1S/C23H24N2O4S/c1-17-12-14-19(15-13-17)25(3)30(27,28)20-9-7-8-18(16-20)23(26)24(2)21-10-5-6-11-22(21)29-4/h5-16H,1-4H3. The largest absolute Gasteiger partial charge is 0.495 e. The van der Waals surface area contributed by atoms with Crippen LogP contribution in [0.5, 0.6) is 5.75 Å². The summed E-state index contributed by atoms with van der Waals surface area (Å²) < 4.78 is 32.8. The summed E-state index contributed by atoms with van der Waals surface area (Å²) in [7, 11) is 0.827. The molecule has 3 aromatic carbocycles. The van der Waals surface area contributed by atoms with Gasteiger partial charge in [0, 0.05) is 19.7 Å². The monoisotopic (exact) mass is 424 g/mol. The molecule has 0 saturated carbocycles. The van der Waals surface area contributed by atoms with Gasteiger partial charge in [-0.15, -0.1) is 0 Å². The van der Waals surface area contributed by atoms with Gasteiger partial charge in [-0.25, -0.2) is 8.42 Å². The molecule has 0 fully saturated rings. The molecule has 0 aliphatic heterocycles. The van der Waals surface area contributed by atoms with Gasteiger partial charge in [0.1, 0.15) is 5.75 Å². The van der Waals surface area contributed by atoms with E-state index in [1.807, 2.05) is 25.1 Å². The van der Waals surface area contributed by atoms with Crippen LogP contribution in [-0.4, -0.2) is 35.5 Å². The number of amides is 1. The third-order valence-electron chi connectivity index (χ3n) is 4.89. The maximum absolute atomic E-state index is 13.1. The fourth-order valence-corrected chi connectivity index (χ4v) is 4.29. The first kappa shape index (κ1) is 21.4. The second-order valence-electron chi connectivity index (χ2n) is 6.87. The van der Waals surface area contributed by atoms with E-state index in [4.69, 9.17) is 4.74 Å². The lowest BCUT2D eigenvalue weighted by Gasteiger charge is -2.22. The zero-order valence-corrected chi connectivity index (χ0v) is 18.2. The number of anilines is 2. The van der Waals surface area contributed by atoms with Crippen molar-refractivity contribution in [1.82, 2.24) is 0 Å². The molecule has 30 heavy (non-hydrogen) atoms. The Morgan fingerprint density at radius 2 is 1.57 bits per heavy atom. The van der Waals surface area contributed by atoms with Gasteiger partial charge in [0.15, 0.2) is 0 Å². The summed E-state index contributed by atoms with van der Waals surface area (Å²) >= 11 is 0. The molecule has 0 aliphatic carbocycles. The summed E-state index contributed by atoms with van der Waals surface area (Å²) in [5.74, 6) is 0.214. The van der Waals surface area contributed by atoms with Gasteiger partial charge in [-0.3, -0.25) is 9.10 Å². The number of rotatable bonds is 6. The van der Waals surface area contributed by atoms with Gasteiger partial charge >= 0.3 is 0 Å². The molecule has 0 saturated heterocycles. The van der Waals surface area contributed by atoms with Crippen LogP contribution >= 0.6 is 0 Å². The number of hydrogen-bond acceptors (Lipinski definition) is 4. The summed E-state index contributed by atoms with van der Waals surface area (Å²) in [6, 6.07) is 20.4. The minimum Gasteiger partial charge on any atom is -0.495 e. The highest BCUT2D eigenvalue weighted by atomic mass is 32.2. The Kier molecular flexibility index (Phi) is 6.12. The highest BCUT2D eigenvalue weighted by molar-refractivity contribution is 7.92. The van der Waals surface area contributed by atoms with E-state index in [0.29, 0.717) is 17.1 Å². The number of benzene rings is 3. The zero-order valence-electron chi connectivity index (χ0n) is 17.4. The predicted molar refractivity (Wildman–Crippen MR) is 119 cm³/mol. The maximum atomic E-state index is 13.1. The smallest absolute Gasteiger partial charge is 0.264 e. The molecule has 3 aromatic rings. The van der Waals surface area contributed by atoms with Crippen molar-refractivity contribution in [2.75, 3.05) is 30.4 Å². The average Bonchev–Trinajstić information content (AvgIpc) is 2.78. The number of sulfonamides is 1. The Labute approximate surface area is 177 Å². The Bertz CT molecular complexity index is 1160. The summed E-state index contributed by atoms with van der Waals surface area (Å²) in [5, 5.41) is 0. The Morgan fingerprint density at radius 1 is 0.900 bits per heavy atom. The first-order valence-corrected chi connectivity index (χ1v) is 10.8. The molecule has 0 aliphatic rings. The fourth-order valence-electron chi connectivity index (χ4n) is 3.05. The van der Waals surface area contributed by atoms with Crippen molar-refractivity contribution >= 4 is 27.3 Å². The predicted octanol–water partition coefficient (Wildman–Crippen LogP) is 4.11. The van der Waals surface area contributed by atoms with Crippen LogP contribution in [0.1, 0.15) is 15.9 Å². The van der Waals surface area contributed by atoms with Crippen LogP contribution in [0, 0.1) is 6.92 Å². The first-order valence-electron chi connectivity index (χ1n) is 9.32. The molecule has 0 aromatic heterocycles. The SMILES string of the molecule is COc1ccccc1N(C)C(=O)c1cccc(S(=O)(=O)N(C)c2ccc(C)cc2)c1. The minimum absolute atomic E-state index is 0.0462. The van der Waals surface area contributed by atoms with Gasteiger partial charge < -0.3 is 9.64 Å². The van der Waals surface area contributed by atoms with Crippen LogP contribution in [0.2, 0.25) is 0 Å². The number of carbonyl (C=O) groups excluding carboxylic acids is 1. The van der Waals surface area contributed by atoms with Crippen molar-refractivity contribution in [3.63, 3.8) is 0 Å². The lowest BCUT2D eigenvalue weighted by atomic mass is 10.2. The Morgan fingerprint density at radius 3 is 2.23 bits per heavy atom.